The van der Waals surface area contributed by atoms with E-state index in [0.717, 1.165) is 22.3 Å². The molecule has 0 aliphatic carbocycles. The van der Waals surface area contributed by atoms with E-state index >= 15 is 0 Å². The van der Waals surface area contributed by atoms with Crippen LogP contribution in [0.3, 0.4) is 0 Å². The number of nitrogens with zero attached hydrogens (tertiary/aromatic N) is 4. The standard InChI is InChI=1S/C13H13BrN4/c1-2-13-12(7-8-15)16-17-18(13)9-10-3-5-11(14)6-4-10/h3-6H,2,7,9H2,1H3. The molecule has 0 atom stereocenters. The molecule has 0 saturated carbocycles. The molecule has 0 unspecified atom stereocenters. The van der Waals surface area contributed by atoms with Crippen LogP contribution in [0.15, 0.2) is 28.7 Å². The first-order chi connectivity index (χ1) is 8.74. The quantitative estimate of drug-likeness (QED) is 0.872. The molecule has 18 heavy (non-hydrogen) atoms. The van der Waals surface area contributed by atoms with E-state index in [4.69, 9.17) is 5.26 Å². The SMILES string of the molecule is CCc1c(CC#N)nnn1Cc1ccc(Br)cc1. The molecule has 2 aromatic rings. The van der Waals surface area contributed by atoms with E-state index in [1.807, 2.05) is 16.8 Å². The molecule has 0 bridgehead atoms. The van der Waals surface area contributed by atoms with Gasteiger partial charge in [-0.05, 0) is 24.1 Å². The number of aromatic nitrogens is 3. The van der Waals surface area contributed by atoms with Crippen LogP contribution in [0.2, 0.25) is 0 Å². The molecule has 0 spiro atoms. The molecule has 1 aromatic carbocycles. The van der Waals surface area contributed by atoms with Gasteiger partial charge in [-0.2, -0.15) is 5.26 Å². The number of rotatable bonds is 4. The van der Waals surface area contributed by atoms with Crippen LogP contribution in [0.1, 0.15) is 23.9 Å². The van der Waals surface area contributed by atoms with Gasteiger partial charge in [0.1, 0.15) is 0 Å². The molecule has 4 nitrogen and oxygen atoms in total. The summed E-state index contributed by atoms with van der Waals surface area (Å²) >= 11 is 3.41. The molecule has 0 radical (unpaired) electrons. The van der Waals surface area contributed by atoms with Crippen molar-refractivity contribution in [3.8, 4) is 6.07 Å². The average molecular weight is 305 g/mol. The first-order valence-electron chi connectivity index (χ1n) is 5.77. The van der Waals surface area contributed by atoms with E-state index in [0.29, 0.717) is 13.0 Å². The Balaban J connectivity index is 2.24. The zero-order chi connectivity index (χ0) is 13.0. The van der Waals surface area contributed by atoms with Crippen molar-refractivity contribution in [2.75, 3.05) is 0 Å². The normalized spacial score (nSPS) is 10.3. The molecular formula is C13H13BrN4. The van der Waals surface area contributed by atoms with E-state index in [2.05, 4.69) is 51.4 Å². The third-order valence-electron chi connectivity index (χ3n) is 2.75. The van der Waals surface area contributed by atoms with Gasteiger partial charge in [0.2, 0.25) is 0 Å². The van der Waals surface area contributed by atoms with Crippen molar-refractivity contribution < 1.29 is 0 Å². The molecule has 0 N–H and O–H groups in total. The molecule has 92 valence electrons. The minimum absolute atomic E-state index is 0.323. The second-order valence-electron chi connectivity index (χ2n) is 3.96. The Labute approximate surface area is 114 Å². The van der Waals surface area contributed by atoms with Crippen LogP contribution in [0.5, 0.6) is 0 Å². The largest absolute Gasteiger partial charge is 0.245 e. The highest BCUT2D eigenvalue weighted by molar-refractivity contribution is 9.10. The van der Waals surface area contributed by atoms with Gasteiger partial charge < -0.3 is 0 Å². The molecule has 1 heterocycles. The Morgan fingerprint density at radius 2 is 2.06 bits per heavy atom. The number of nitriles is 1. The molecule has 5 heteroatoms. The third-order valence-corrected chi connectivity index (χ3v) is 3.27. The van der Waals surface area contributed by atoms with Crippen LogP contribution in [0, 0.1) is 11.3 Å². The Morgan fingerprint density at radius 1 is 1.33 bits per heavy atom. The highest BCUT2D eigenvalue weighted by Gasteiger charge is 2.10. The zero-order valence-corrected chi connectivity index (χ0v) is 11.7. The maximum Gasteiger partial charge on any atom is 0.0999 e. The van der Waals surface area contributed by atoms with Crippen molar-refractivity contribution in [3.63, 3.8) is 0 Å². The van der Waals surface area contributed by atoms with Crippen molar-refractivity contribution in [3.05, 3.63) is 45.7 Å². The molecular weight excluding hydrogens is 292 g/mol. The fourth-order valence-electron chi connectivity index (χ4n) is 1.86. The van der Waals surface area contributed by atoms with Crippen molar-refractivity contribution in [1.29, 1.82) is 5.26 Å². The second-order valence-corrected chi connectivity index (χ2v) is 4.87. The second kappa shape index (κ2) is 5.78. The first kappa shape index (κ1) is 12.8. The Hall–Kier alpha value is -1.67. The van der Waals surface area contributed by atoms with Crippen molar-refractivity contribution in [2.45, 2.75) is 26.3 Å². The summed E-state index contributed by atoms with van der Waals surface area (Å²) < 4.78 is 2.93. The maximum absolute atomic E-state index is 8.74. The van der Waals surface area contributed by atoms with Gasteiger partial charge in [-0.15, -0.1) is 5.10 Å². The van der Waals surface area contributed by atoms with Gasteiger partial charge in [-0.25, -0.2) is 4.68 Å². The molecule has 2 rings (SSSR count). The highest BCUT2D eigenvalue weighted by atomic mass is 79.9. The highest BCUT2D eigenvalue weighted by Crippen LogP contribution is 2.13. The molecule has 0 aliphatic heterocycles. The smallest absolute Gasteiger partial charge is 0.0999 e. The summed E-state index contributed by atoms with van der Waals surface area (Å²) in [5.74, 6) is 0. The van der Waals surface area contributed by atoms with Crippen LogP contribution in [0.4, 0.5) is 0 Å². The minimum Gasteiger partial charge on any atom is -0.245 e. The van der Waals surface area contributed by atoms with Crippen LogP contribution in [-0.2, 0) is 19.4 Å². The minimum atomic E-state index is 0.323. The topological polar surface area (TPSA) is 54.5 Å². The third kappa shape index (κ3) is 2.77. The van der Waals surface area contributed by atoms with E-state index in [9.17, 15) is 0 Å². The molecule has 0 amide bonds. The Morgan fingerprint density at radius 3 is 2.67 bits per heavy atom. The molecule has 1 aromatic heterocycles. The zero-order valence-electron chi connectivity index (χ0n) is 10.1. The van der Waals surface area contributed by atoms with Crippen LogP contribution >= 0.6 is 15.9 Å². The Bertz CT molecular complexity index is 566. The van der Waals surface area contributed by atoms with E-state index in [1.54, 1.807) is 0 Å². The van der Waals surface area contributed by atoms with Crippen molar-refractivity contribution in [2.24, 2.45) is 0 Å². The van der Waals surface area contributed by atoms with Gasteiger partial charge in [-0.1, -0.05) is 40.2 Å². The van der Waals surface area contributed by atoms with E-state index < -0.39 is 0 Å². The maximum atomic E-state index is 8.74. The number of halogens is 1. The van der Waals surface area contributed by atoms with Gasteiger partial charge in [0.15, 0.2) is 0 Å². The van der Waals surface area contributed by atoms with Crippen LogP contribution in [0.25, 0.3) is 0 Å². The van der Waals surface area contributed by atoms with Gasteiger partial charge in [-0.3, -0.25) is 0 Å². The fourth-order valence-corrected chi connectivity index (χ4v) is 2.12. The number of hydrogen-bond donors (Lipinski definition) is 0. The fraction of sp³-hybridized carbons (Fsp3) is 0.308. The summed E-state index contributed by atoms with van der Waals surface area (Å²) in [7, 11) is 0. The van der Waals surface area contributed by atoms with Crippen molar-refractivity contribution in [1.82, 2.24) is 15.0 Å². The number of hydrogen-bond acceptors (Lipinski definition) is 3. The summed E-state index contributed by atoms with van der Waals surface area (Å²) in [5.41, 5.74) is 3.00. The van der Waals surface area contributed by atoms with Crippen LogP contribution in [-0.4, -0.2) is 15.0 Å². The van der Waals surface area contributed by atoms with Gasteiger partial charge >= 0.3 is 0 Å². The van der Waals surface area contributed by atoms with Gasteiger partial charge in [0, 0.05) is 4.47 Å². The lowest BCUT2D eigenvalue weighted by atomic mass is 10.2. The summed E-state index contributed by atoms with van der Waals surface area (Å²) in [6.45, 7) is 2.74. The first-order valence-corrected chi connectivity index (χ1v) is 6.56. The van der Waals surface area contributed by atoms with Gasteiger partial charge in [0.25, 0.3) is 0 Å². The van der Waals surface area contributed by atoms with Gasteiger partial charge in [0.05, 0.1) is 30.4 Å². The summed E-state index contributed by atoms with van der Waals surface area (Å²) in [6, 6.07) is 10.2. The lowest BCUT2D eigenvalue weighted by Crippen LogP contribution is -2.06. The molecule has 0 fully saturated rings. The number of benzene rings is 1. The monoisotopic (exact) mass is 304 g/mol. The van der Waals surface area contributed by atoms with Crippen LogP contribution < -0.4 is 0 Å². The summed E-state index contributed by atoms with van der Waals surface area (Å²) in [6.07, 6.45) is 1.16. The lowest BCUT2D eigenvalue weighted by Gasteiger charge is -2.05. The average Bonchev–Trinajstić information content (AvgIpc) is 2.75. The molecule has 0 saturated heterocycles. The summed E-state index contributed by atoms with van der Waals surface area (Å²) in [4.78, 5) is 0. The predicted molar refractivity (Wildman–Crippen MR) is 72.0 cm³/mol. The Kier molecular flexibility index (Phi) is 4.11. The molecule has 0 aliphatic rings. The summed E-state index contributed by atoms with van der Waals surface area (Å²) in [5, 5.41) is 16.9. The lowest BCUT2D eigenvalue weighted by molar-refractivity contribution is 0.622. The van der Waals surface area contributed by atoms with E-state index in [1.165, 1.54) is 5.56 Å². The van der Waals surface area contributed by atoms with E-state index in [-0.39, 0.29) is 0 Å². The predicted octanol–water partition coefficient (Wildman–Crippen LogP) is 2.72. The van der Waals surface area contributed by atoms with Crippen molar-refractivity contribution >= 4 is 15.9 Å².